The van der Waals surface area contributed by atoms with Crippen LogP contribution in [0.2, 0.25) is 0 Å². The number of hydrogen-bond acceptors (Lipinski definition) is 6. The zero-order valence-electron chi connectivity index (χ0n) is 21.7. The summed E-state index contributed by atoms with van der Waals surface area (Å²) in [5.74, 6) is -0.0563. The zero-order valence-corrected chi connectivity index (χ0v) is 22.5. The molecule has 1 aromatic heterocycles. The summed E-state index contributed by atoms with van der Waals surface area (Å²) in [6.45, 7) is 4.59. The molecule has 2 N–H and O–H groups in total. The zero-order chi connectivity index (χ0) is 26.8. The van der Waals surface area contributed by atoms with Crippen LogP contribution in [0.15, 0.2) is 82.7 Å². The van der Waals surface area contributed by atoms with Gasteiger partial charge in [-0.1, -0.05) is 42.5 Å². The summed E-state index contributed by atoms with van der Waals surface area (Å²) in [5, 5.41) is 11.7. The molecule has 0 atom stereocenters. The van der Waals surface area contributed by atoms with Crippen molar-refractivity contribution in [2.24, 2.45) is 4.99 Å². The molecule has 0 unspecified atom stereocenters. The van der Waals surface area contributed by atoms with Crippen LogP contribution in [0.4, 0.5) is 5.69 Å². The second-order valence-corrected chi connectivity index (χ2v) is 12.0. The topological polar surface area (TPSA) is 98.2 Å². The molecule has 0 amide bonds. The van der Waals surface area contributed by atoms with Crippen LogP contribution >= 0.6 is 0 Å². The Hall–Kier alpha value is -3.50. The number of nitrogens with one attached hydrogen (secondary N) is 1. The fraction of sp³-hybridized carbons (Fsp3) is 0.300. The molecule has 39 heavy (non-hydrogen) atoms. The van der Waals surface area contributed by atoms with Crippen molar-refractivity contribution in [2.45, 2.75) is 24.3 Å². The van der Waals surface area contributed by atoms with Gasteiger partial charge in [-0.25, -0.2) is 13.4 Å². The lowest BCUT2D eigenvalue weighted by Gasteiger charge is -2.26. The molecule has 0 radical (unpaired) electrons. The predicted octanol–water partition coefficient (Wildman–Crippen LogP) is 4.66. The number of ether oxygens (including phenoxy) is 1. The fourth-order valence-electron chi connectivity index (χ4n) is 5.36. The van der Waals surface area contributed by atoms with E-state index < -0.39 is 10.0 Å². The maximum atomic E-state index is 13.4. The van der Waals surface area contributed by atoms with E-state index in [1.165, 1.54) is 22.7 Å². The number of aromatic amines is 1. The average molecular weight is 545 g/mol. The van der Waals surface area contributed by atoms with Gasteiger partial charge in [0.2, 0.25) is 10.0 Å². The first-order valence-electron chi connectivity index (χ1n) is 13.4. The summed E-state index contributed by atoms with van der Waals surface area (Å²) in [4.78, 5) is 10.6. The van der Waals surface area contributed by atoms with E-state index in [4.69, 9.17) is 9.73 Å². The maximum absolute atomic E-state index is 13.4. The molecule has 0 spiro atoms. The normalized spacial score (nSPS) is 17.7. The van der Waals surface area contributed by atoms with Gasteiger partial charge in [-0.15, -0.1) is 0 Å². The minimum atomic E-state index is -3.71. The van der Waals surface area contributed by atoms with Crippen LogP contribution in [-0.4, -0.2) is 72.8 Å². The number of H-pyrrole nitrogens is 1. The van der Waals surface area contributed by atoms with E-state index in [-0.39, 0.29) is 10.8 Å². The van der Waals surface area contributed by atoms with E-state index >= 15 is 0 Å². The molecule has 202 valence electrons. The molecule has 0 saturated carbocycles. The third-order valence-corrected chi connectivity index (χ3v) is 9.32. The molecule has 2 saturated heterocycles. The van der Waals surface area contributed by atoms with Gasteiger partial charge in [0.1, 0.15) is 0 Å². The molecular weight excluding hydrogens is 512 g/mol. The van der Waals surface area contributed by atoms with Gasteiger partial charge in [0, 0.05) is 36.1 Å². The molecule has 3 aromatic carbocycles. The number of fused-ring (bicyclic) bond motifs is 1. The fourth-order valence-corrected chi connectivity index (χ4v) is 6.79. The molecule has 2 fully saturated rings. The van der Waals surface area contributed by atoms with Gasteiger partial charge in [0.25, 0.3) is 0 Å². The summed E-state index contributed by atoms with van der Waals surface area (Å²) in [6, 6.07) is 22.7. The maximum Gasteiger partial charge on any atom is 0.243 e. The first kappa shape index (κ1) is 25.8. The van der Waals surface area contributed by atoms with Crippen molar-refractivity contribution in [1.29, 1.82) is 0 Å². The van der Waals surface area contributed by atoms with Gasteiger partial charge < -0.3 is 14.8 Å². The number of aromatic nitrogens is 1. The number of morpholine rings is 1. The first-order valence-corrected chi connectivity index (χ1v) is 14.8. The number of sulfonamides is 1. The molecule has 2 aliphatic rings. The van der Waals surface area contributed by atoms with E-state index in [9.17, 15) is 13.5 Å². The molecule has 0 aliphatic carbocycles. The van der Waals surface area contributed by atoms with Crippen molar-refractivity contribution < 1.29 is 18.3 Å². The number of likely N-dealkylation sites (tertiary alicyclic amines) is 1. The Balaban J connectivity index is 1.42. The van der Waals surface area contributed by atoms with E-state index in [0.717, 1.165) is 30.9 Å². The average Bonchev–Trinajstić information content (AvgIpc) is 3.60. The smallest absolute Gasteiger partial charge is 0.243 e. The molecule has 4 aromatic rings. The SMILES string of the molecule is O=S(=O)(c1ccc2[nH]c(O)c(C(=Nc3ccc(CN4CCCC4)cc3)c3ccccc3)c2c1)N1CCOCC1. The molecule has 6 rings (SSSR count). The molecule has 0 bridgehead atoms. The third kappa shape index (κ3) is 5.35. The van der Waals surface area contributed by atoms with Gasteiger partial charge in [0.15, 0.2) is 5.88 Å². The van der Waals surface area contributed by atoms with Crippen molar-refractivity contribution in [3.8, 4) is 5.88 Å². The highest BCUT2D eigenvalue weighted by Gasteiger charge is 2.28. The Morgan fingerprint density at radius 1 is 0.923 bits per heavy atom. The second-order valence-electron chi connectivity index (χ2n) is 10.0. The Labute approximate surface area is 228 Å². The Morgan fingerprint density at radius 3 is 2.36 bits per heavy atom. The van der Waals surface area contributed by atoms with Crippen LogP contribution in [0.5, 0.6) is 5.88 Å². The van der Waals surface area contributed by atoms with Gasteiger partial charge in [-0.3, -0.25) is 4.90 Å². The van der Waals surface area contributed by atoms with Crippen LogP contribution in [0.1, 0.15) is 29.5 Å². The van der Waals surface area contributed by atoms with Crippen LogP contribution in [0, 0.1) is 0 Å². The van der Waals surface area contributed by atoms with Gasteiger partial charge in [-0.2, -0.15) is 4.31 Å². The van der Waals surface area contributed by atoms with E-state index in [1.54, 1.807) is 18.2 Å². The number of rotatable bonds is 7. The Bertz CT molecular complexity index is 1590. The number of hydrogen-bond donors (Lipinski definition) is 2. The summed E-state index contributed by atoms with van der Waals surface area (Å²) >= 11 is 0. The van der Waals surface area contributed by atoms with E-state index in [0.29, 0.717) is 48.5 Å². The Morgan fingerprint density at radius 2 is 1.64 bits per heavy atom. The van der Waals surface area contributed by atoms with Gasteiger partial charge in [0.05, 0.1) is 35.1 Å². The molecule has 3 heterocycles. The summed E-state index contributed by atoms with van der Waals surface area (Å²) in [5.41, 5.74) is 4.48. The first-order chi connectivity index (χ1) is 19.0. The minimum absolute atomic E-state index is 0.0563. The van der Waals surface area contributed by atoms with Gasteiger partial charge >= 0.3 is 0 Å². The highest BCUT2D eigenvalue weighted by atomic mass is 32.2. The van der Waals surface area contributed by atoms with Crippen LogP contribution in [-0.2, 0) is 21.3 Å². The lowest BCUT2D eigenvalue weighted by molar-refractivity contribution is 0.0730. The second kappa shape index (κ2) is 10.9. The standard InChI is InChI=1S/C30H32N4O4S/c35-30-28(26-20-25(12-13-27(26)32-30)39(36,37)34-16-18-38-19-17-34)29(23-6-2-1-3-7-23)31-24-10-8-22(9-11-24)21-33-14-4-5-15-33/h1-3,6-13,20,32,35H,4-5,14-19,21H2. The lowest BCUT2D eigenvalue weighted by Crippen LogP contribution is -2.40. The number of nitrogens with zero attached hydrogens (tertiary/aromatic N) is 3. The highest BCUT2D eigenvalue weighted by Crippen LogP contribution is 2.34. The van der Waals surface area contributed by atoms with Crippen molar-refractivity contribution >= 4 is 32.3 Å². The minimum Gasteiger partial charge on any atom is -0.494 e. The summed E-state index contributed by atoms with van der Waals surface area (Å²) < 4.78 is 33.6. The quantitative estimate of drug-likeness (QED) is 0.330. The Kier molecular flexibility index (Phi) is 7.22. The molecular formula is C30H32N4O4S. The lowest BCUT2D eigenvalue weighted by atomic mass is 10.0. The predicted molar refractivity (Wildman–Crippen MR) is 152 cm³/mol. The number of benzene rings is 3. The summed E-state index contributed by atoms with van der Waals surface area (Å²) in [6.07, 6.45) is 2.51. The van der Waals surface area contributed by atoms with Crippen molar-refractivity contribution in [2.75, 3.05) is 39.4 Å². The van der Waals surface area contributed by atoms with Crippen LogP contribution in [0.25, 0.3) is 10.9 Å². The van der Waals surface area contributed by atoms with Crippen molar-refractivity contribution in [3.05, 3.63) is 89.5 Å². The van der Waals surface area contributed by atoms with E-state index in [2.05, 4.69) is 22.0 Å². The molecule has 8 nitrogen and oxygen atoms in total. The largest absolute Gasteiger partial charge is 0.494 e. The van der Waals surface area contributed by atoms with E-state index in [1.807, 2.05) is 42.5 Å². The highest BCUT2D eigenvalue weighted by molar-refractivity contribution is 7.89. The van der Waals surface area contributed by atoms with Crippen molar-refractivity contribution in [1.82, 2.24) is 14.2 Å². The van der Waals surface area contributed by atoms with Gasteiger partial charge in [-0.05, 0) is 61.8 Å². The molecule has 2 aliphatic heterocycles. The van der Waals surface area contributed by atoms with Crippen LogP contribution < -0.4 is 0 Å². The molecule has 9 heteroatoms. The number of aliphatic imine (C=N–C) groups is 1. The van der Waals surface area contributed by atoms with Crippen molar-refractivity contribution in [3.63, 3.8) is 0 Å². The number of aromatic hydroxyl groups is 1. The van der Waals surface area contributed by atoms with Crippen LogP contribution in [0.3, 0.4) is 0 Å². The monoisotopic (exact) mass is 544 g/mol. The summed E-state index contributed by atoms with van der Waals surface area (Å²) in [7, 11) is -3.71. The third-order valence-electron chi connectivity index (χ3n) is 7.42.